The number of hydrogen-bond acceptors (Lipinski definition) is 5. The summed E-state index contributed by atoms with van der Waals surface area (Å²) in [5, 5.41) is 0.696. The lowest BCUT2D eigenvalue weighted by Crippen LogP contribution is -2.49. The van der Waals surface area contributed by atoms with E-state index >= 15 is 0 Å². The van der Waals surface area contributed by atoms with E-state index in [1.54, 1.807) is 12.3 Å². The minimum atomic E-state index is -0.110. The van der Waals surface area contributed by atoms with Gasteiger partial charge in [0, 0.05) is 30.6 Å². The van der Waals surface area contributed by atoms with Crippen molar-refractivity contribution in [2.24, 2.45) is 0 Å². The van der Waals surface area contributed by atoms with Gasteiger partial charge in [-0.25, -0.2) is 9.66 Å². The van der Waals surface area contributed by atoms with Crippen LogP contribution >= 0.6 is 15.9 Å². The minimum Gasteiger partial charge on any atom is -0.363 e. The summed E-state index contributed by atoms with van der Waals surface area (Å²) in [7, 11) is 0. The third-order valence-corrected chi connectivity index (χ3v) is 5.51. The number of halogens is 1. The number of imidazole rings is 1. The molecule has 2 atom stereocenters. The molecule has 8 heteroatoms. The van der Waals surface area contributed by atoms with Gasteiger partial charge in [0.1, 0.15) is 6.23 Å². The molecule has 4 heterocycles. The maximum absolute atomic E-state index is 12.0. The van der Waals surface area contributed by atoms with Gasteiger partial charge in [0.25, 0.3) is 5.56 Å². The summed E-state index contributed by atoms with van der Waals surface area (Å²) < 4.78 is 9.29. The summed E-state index contributed by atoms with van der Waals surface area (Å²) in [6.45, 7) is 1.92. The Labute approximate surface area is 154 Å². The third kappa shape index (κ3) is 3.51. The van der Waals surface area contributed by atoms with Crippen molar-refractivity contribution in [2.75, 3.05) is 18.6 Å². The summed E-state index contributed by atoms with van der Waals surface area (Å²) in [4.78, 5) is 18.9. The second kappa shape index (κ2) is 7.31. The topological polar surface area (TPSA) is 64.3 Å². The van der Waals surface area contributed by atoms with Crippen LogP contribution in [0.25, 0.3) is 0 Å². The van der Waals surface area contributed by atoms with Gasteiger partial charge in [-0.3, -0.25) is 15.1 Å². The van der Waals surface area contributed by atoms with Crippen LogP contribution in [0.4, 0.5) is 5.82 Å². The summed E-state index contributed by atoms with van der Waals surface area (Å²) in [5.41, 5.74) is 3.99. The molecule has 25 heavy (non-hydrogen) atoms. The van der Waals surface area contributed by atoms with Gasteiger partial charge >= 0.3 is 0 Å². The van der Waals surface area contributed by atoms with Crippen molar-refractivity contribution in [1.29, 1.82) is 0 Å². The average Bonchev–Trinajstić information content (AvgIpc) is 3.04. The number of alkyl halides is 1. The molecule has 134 valence electrons. The number of nitrogens with zero attached hydrogens (tertiary/aromatic N) is 4. The van der Waals surface area contributed by atoms with Crippen LogP contribution in [0.15, 0.2) is 35.6 Å². The smallest absolute Gasteiger partial charge is 0.269 e. The molecular weight excluding hydrogens is 386 g/mol. The van der Waals surface area contributed by atoms with Gasteiger partial charge in [-0.1, -0.05) is 22.0 Å². The normalized spacial score (nSPS) is 24.0. The molecule has 0 aromatic carbocycles. The zero-order valence-electron chi connectivity index (χ0n) is 14.0. The number of rotatable bonds is 5. The van der Waals surface area contributed by atoms with Gasteiger partial charge < -0.3 is 9.30 Å². The number of nitrogens with one attached hydrogen (secondary N) is 1. The molecular formula is C17H22BrN5O2. The van der Waals surface area contributed by atoms with Gasteiger partial charge in [0.15, 0.2) is 5.82 Å². The van der Waals surface area contributed by atoms with Crippen LogP contribution in [-0.2, 0) is 10.1 Å². The fourth-order valence-electron chi connectivity index (χ4n) is 3.46. The molecule has 1 N–H and O–H groups in total. The van der Waals surface area contributed by atoms with Crippen molar-refractivity contribution in [3.05, 3.63) is 46.8 Å². The molecule has 2 saturated heterocycles. The first-order valence-corrected chi connectivity index (χ1v) is 9.82. The second-order valence-corrected chi connectivity index (χ2v) is 7.09. The van der Waals surface area contributed by atoms with Crippen molar-refractivity contribution in [2.45, 2.75) is 43.4 Å². The van der Waals surface area contributed by atoms with Gasteiger partial charge in [0.05, 0.1) is 25.3 Å². The monoisotopic (exact) mass is 407 g/mol. The molecule has 0 bridgehead atoms. The van der Waals surface area contributed by atoms with Crippen LogP contribution in [0.5, 0.6) is 0 Å². The average molecular weight is 408 g/mol. The largest absolute Gasteiger partial charge is 0.363 e. The fourth-order valence-corrected chi connectivity index (χ4v) is 3.79. The Bertz CT molecular complexity index is 785. The zero-order valence-corrected chi connectivity index (χ0v) is 15.6. The standard InChI is InChI=1S/C17H22BrN5O2/c18-9-13-4-5-16(24)23(10-13)20-14-11-21(12-19-14)15-3-1-2-7-22(15)17-6-8-25-17/h4-5,10-12,15,17,20H,1-3,6-9H2. The molecule has 2 aromatic heterocycles. The molecule has 7 nitrogen and oxygen atoms in total. The predicted molar refractivity (Wildman–Crippen MR) is 98.5 cm³/mol. The minimum absolute atomic E-state index is 0.110. The van der Waals surface area contributed by atoms with E-state index in [0.29, 0.717) is 11.1 Å². The lowest BCUT2D eigenvalue weighted by molar-refractivity contribution is -0.176. The van der Waals surface area contributed by atoms with Crippen LogP contribution in [0, 0.1) is 0 Å². The predicted octanol–water partition coefficient (Wildman–Crippen LogP) is 2.55. The fraction of sp³-hybridized carbons (Fsp3) is 0.529. The van der Waals surface area contributed by atoms with Gasteiger partial charge in [-0.15, -0.1) is 0 Å². The van der Waals surface area contributed by atoms with E-state index < -0.39 is 0 Å². The van der Waals surface area contributed by atoms with Gasteiger partial charge in [-0.05, 0) is 24.8 Å². The lowest BCUT2D eigenvalue weighted by Gasteiger charge is -2.44. The highest BCUT2D eigenvalue weighted by Crippen LogP contribution is 2.32. The first kappa shape index (κ1) is 16.8. The quantitative estimate of drug-likeness (QED) is 0.771. The number of anilines is 1. The molecule has 0 saturated carbocycles. The van der Waals surface area contributed by atoms with Crippen LogP contribution in [0.3, 0.4) is 0 Å². The SMILES string of the molecule is O=c1ccc(CBr)cn1Nc1cn(C2CCCCN2C2CCO2)cn1. The molecule has 2 unspecified atom stereocenters. The van der Waals surface area contributed by atoms with E-state index in [4.69, 9.17) is 4.74 Å². The van der Waals surface area contributed by atoms with E-state index in [9.17, 15) is 4.79 Å². The number of hydrogen-bond donors (Lipinski definition) is 1. The van der Waals surface area contributed by atoms with Crippen molar-refractivity contribution in [1.82, 2.24) is 19.1 Å². The van der Waals surface area contributed by atoms with Crippen LogP contribution in [0.1, 0.15) is 37.4 Å². The highest BCUT2D eigenvalue weighted by Gasteiger charge is 2.34. The van der Waals surface area contributed by atoms with E-state index in [2.05, 4.69) is 35.8 Å². The first-order valence-electron chi connectivity index (χ1n) is 8.70. The zero-order chi connectivity index (χ0) is 17.2. The van der Waals surface area contributed by atoms with Gasteiger partial charge in [-0.2, -0.15) is 0 Å². The summed E-state index contributed by atoms with van der Waals surface area (Å²) in [6, 6.07) is 3.36. The number of ether oxygens (including phenoxy) is 1. The van der Waals surface area contributed by atoms with Crippen LogP contribution < -0.4 is 11.0 Å². The van der Waals surface area contributed by atoms with Crippen molar-refractivity contribution in [3.63, 3.8) is 0 Å². The molecule has 0 aliphatic carbocycles. The van der Waals surface area contributed by atoms with Crippen molar-refractivity contribution in [3.8, 4) is 0 Å². The Morgan fingerprint density at radius 2 is 2.16 bits per heavy atom. The Kier molecular flexibility index (Phi) is 4.91. The summed E-state index contributed by atoms with van der Waals surface area (Å²) in [5.74, 6) is 0.661. The lowest BCUT2D eigenvalue weighted by atomic mass is 10.1. The molecule has 2 fully saturated rings. The van der Waals surface area contributed by atoms with Gasteiger partial charge in [0.2, 0.25) is 0 Å². The van der Waals surface area contributed by atoms with E-state index in [1.165, 1.54) is 17.5 Å². The molecule has 4 rings (SSSR count). The third-order valence-electron chi connectivity index (χ3n) is 4.86. The molecule has 2 aliphatic heterocycles. The van der Waals surface area contributed by atoms with Crippen molar-refractivity contribution < 1.29 is 4.74 Å². The van der Waals surface area contributed by atoms with E-state index in [-0.39, 0.29) is 18.0 Å². The number of aromatic nitrogens is 3. The highest BCUT2D eigenvalue weighted by molar-refractivity contribution is 9.08. The molecule has 0 amide bonds. The first-order chi connectivity index (χ1) is 12.2. The maximum atomic E-state index is 12.0. The van der Waals surface area contributed by atoms with E-state index in [0.717, 1.165) is 31.6 Å². The second-order valence-electron chi connectivity index (χ2n) is 6.53. The molecule has 0 radical (unpaired) electrons. The Morgan fingerprint density at radius 1 is 1.28 bits per heavy atom. The van der Waals surface area contributed by atoms with Crippen LogP contribution in [-0.4, -0.2) is 38.5 Å². The van der Waals surface area contributed by atoms with E-state index in [1.807, 2.05) is 18.6 Å². The number of pyridine rings is 1. The Morgan fingerprint density at radius 3 is 2.92 bits per heavy atom. The number of piperidine rings is 1. The summed E-state index contributed by atoms with van der Waals surface area (Å²) >= 11 is 3.41. The molecule has 0 spiro atoms. The molecule has 2 aliphatic rings. The maximum Gasteiger partial charge on any atom is 0.269 e. The molecule has 2 aromatic rings. The Hall–Kier alpha value is -1.64. The van der Waals surface area contributed by atoms with Crippen LogP contribution in [0.2, 0.25) is 0 Å². The number of likely N-dealkylation sites (tertiary alicyclic amines) is 1. The highest BCUT2D eigenvalue weighted by atomic mass is 79.9. The Balaban J connectivity index is 1.52. The summed E-state index contributed by atoms with van der Waals surface area (Å²) in [6.07, 6.45) is 10.7. The van der Waals surface area contributed by atoms with Crippen molar-refractivity contribution >= 4 is 21.7 Å².